The van der Waals surface area contributed by atoms with Gasteiger partial charge in [-0.25, -0.2) is 4.98 Å². The lowest BCUT2D eigenvalue weighted by Gasteiger charge is -2.19. The molecule has 1 aromatic rings. The van der Waals surface area contributed by atoms with E-state index in [2.05, 4.69) is 34.6 Å². The van der Waals surface area contributed by atoms with Crippen LogP contribution in [0.5, 0.6) is 0 Å². The lowest BCUT2D eigenvalue weighted by molar-refractivity contribution is 0.190. The lowest BCUT2D eigenvalue weighted by Crippen LogP contribution is -2.24. The number of anilines is 1. The van der Waals surface area contributed by atoms with Crippen molar-refractivity contribution >= 4 is 5.95 Å². The molecule has 104 valence electrons. The van der Waals surface area contributed by atoms with Crippen LogP contribution in [0.25, 0.3) is 0 Å². The van der Waals surface area contributed by atoms with Gasteiger partial charge in [0.2, 0.25) is 5.95 Å². The van der Waals surface area contributed by atoms with E-state index in [1.165, 1.54) is 0 Å². The molecule has 0 aliphatic carbocycles. The highest BCUT2D eigenvalue weighted by atomic mass is 16.5. The molecule has 5 heteroatoms. The van der Waals surface area contributed by atoms with Crippen LogP contribution >= 0.6 is 0 Å². The van der Waals surface area contributed by atoms with Crippen molar-refractivity contribution in [1.82, 2.24) is 9.55 Å². The van der Waals surface area contributed by atoms with Gasteiger partial charge in [0.15, 0.2) is 0 Å². The van der Waals surface area contributed by atoms with Crippen LogP contribution in [0.2, 0.25) is 0 Å². The quantitative estimate of drug-likeness (QED) is 0.674. The molecule has 1 heterocycles. The van der Waals surface area contributed by atoms with E-state index in [4.69, 9.17) is 10.5 Å². The van der Waals surface area contributed by atoms with Crippen LogP contribution in [0.4, 0.5) is 5.95 Å². The average molecular weight is 254 g/mol. The van der Waals surface area contributed by atoms with Gasteiger partial charge in [-0.2, -0.15) is 0 Å². The maximum atomic E-state index is 5.55. The topological polar surface area (TPSA) is 56.3 Å². The summed E-state index contributed by atoms with van der Waals surface area (Å²) < 4.78 is 7.31. The Morgan fingerprint density at radius 1 is 1.44 bits per heavy atom. The fourth-order valence-corrected chi connectivity index (χ4v) is 1.91. The molecule has 0 saturated carbocycles. The normalized spacial score (nSPS) is 10.9. The number of rotatable bonds is 9. The third kappa shape index (κ3) is 4.31. The molecule has 0 amide bonds. The van der Waals surface area contributed by atoms with Gasteiger partial charge in [-0.3, -0.25) is 0 Å². The van der Waals surface area contributed by atoms with Crippen LogP contribution in [0.3, 0.4) is 0 Å². The van der Waals surface area contributed by atoms with Gasteiger partial charge in [0.1, 0.15) is 0 Å². The summed E-state index contributed by atoms with van der Waals surface area (Å²) in [7, 11) is 3.81. The third-order valence-electron chi connectivity index (χ3n) is 2.95. The fourth-order valence-electron chi connectivity index (χ4n) is 1.91. The highest BCUT2D eigenvalue weighted by molar-refractivity contribution is 5.32. The van der Waals surface area contributed by atoms with E-state index in [-0.39, 0.29) is 0 Å². The Labute approximate surface area is 110 Å². The number of hydrogen-bond acceptors (Lipinski definition) is 4. The standard InChI is InChI=1S/C13H26N4O/c1-4-12-11-17(9-6-10-18-3)13(15-12)16(2)8-5-7-14/h11H,4-10,14H2,1-3H3. The average Bonchev–Trinajstić information content (AvgIpc) is 2.79. The number of aryl methyl sites for hydroxylation is 2. The van der Waals surface area contributed by atoms with E-state index in [0.29, 0.717) is 0 Å². The van der Waals surface area contributed by atoms with Crippen molar-refractivity contribution in [3.05, 3.63) is 11.9 Å². The summed E-state index contributed by atoms with van der Waals surface area (Å²) in [5.41, 5.74) is 6.69. The second-order valence-corrected chi connectivity index (χ2v) is 4.49. The zero-order valence-electron chi connectivity index (χ0n) is 11.9. The Kier molecular flexibility index (Phi) is 6.75. The third-order valence-corrected chi connectivity index (χ3v) is 2.95. The predicted molar refractivity (Wildman–Crippen MR) is 75.0 cm³/mol. The van der Waals surface area contributed by atoms with Crippen LogP contribution < -0.4 is 10.6 Å². The van der Waals surface area contributed by atoms with Crippen LogP contribution in [0, 0.1) is 0 Å². The van der Waals surface area contributed by atoms with Crippen molar-refractivity contribution in [3.8, 4) is 0 Å². The molecule has 0 aromatic carbocycles. The van der Waals surface area contributed by atoms with Crippen molar-refractivity contribution < 1.29 is 4.74 Å². The summed E-state index contributed by atoms with van der Waals surface area (Å²) in [5.74, 6) is 1.04. The molecule has 0 aliphatic heterocycles. The zero-order chi connectivity index (χ0) is 13.4. The highest BCUT2D eigenvalue weighted by Gasteiger charge is 2.10. The highest BCUT2D eigenvalue weighted by Crippen LogP contribution is 2.14. The first-order valence-electron chi connectivity index (χ1n) is 6.69. The first-order valence-corrected chi connectivity index (χ1v) is 6.69. The predicted octanol–water partition coefficient (Wildman–Crippen LogP) is 1.27. The molecule has 0 radical (unpaired) electrons. The molecule has 0 saturated heterocycles. The molecule has 0 atom stereocenters. The molecule has 2 N–H and O–H groups in total. The molecular formula is C13H26N4O. The van der Waals surface area contributed by atoms with Crippen molar-refractivity contribution in [2.75, 3.05) is 38.8 Å². The van der Waals surface area contributed by atoms with Crippen LogP contribution in [0.15, 0.2) is 6.20 Å². The molecule has 5 nitrogen and oxygen atoms in total. The van der Waals surface area contributed by atoms with Gasteiger partial charge in [0.25, 0.3) is 0 Å². The number of ether oxygens (including phenoxy) is 1. The first-order chi connectivity index (χ1) is 8.72. The number of imidazole rings is 1. The van der Waals surface area contributed by atoms with Gasteiger partial charge in [0.05, 0.1) is 5.69 Å². The van der Waals surface area contributed by atoms with Gasteiger partial charge in [0, 0.05) is 40.1 Å². The van der Waals surface area contributed by atoms with Crippen LogP contribution in [-0.4, -0.2) is 43.4 Å². The Hall–Kier alpha value is -1.07. The second-order valence-electron chi connectivity index (χ2n) is 4.49. The largest absolute Gasteiger partial charge is 0.385 e. The van der Waals surface area contributed by atoms with Crippen molar-refractivity contribution in [1.29, 1.82) is 0 Å². The van der Waals surface area contributed by atoms with E-state index in [1.807, 2.05) is 0 Å². The molecule has 0 bridgehead atoms. The summed E-state index contributed by atoms with van der Waals surface area (Å²) in [6.07, 6.45) is 5.11. The van der Waals surface area contributed by atoms with E-state index >= 15 is 0 Å². The van der Waals surface area contributed by atoms with E-state index in [1.54, 1.807) is 7.11 Å². The van der Waals surface area contributed by atoms with E-state index in [9.17, 15) is 0 Å². The van der Waals surface area contributed by atoms with Crippen LogP contribution in [-0.2, 0) is 17.7 Å². The molecule has 0 unspecified atom stereocenters. The van der Waals surface area contributed by atoms with E-state index in [0.717, 1.165) is 57.1 Å². The number of nitrogens with two attached hydrogens (primary N) is 1. The van der Waals surface area contributed by atoms with Gasteiger partial charge >= 0.3 is 0 Å². The van der Waals surface area contributed by atoms with Gasteiger partial charge in [-0.1, -0.05) is 6.92 Å². The summed E-state index contributed by atoms with van der Waals surface area (Å²) in [4.78, 5) is 6.85. The van der Waals surface area contributed by atoms with E-state index < -0.39 is 0 Å². The molecule has 0 fully saturated rings. The van der Waals surface area contributed by atoms with Gasteiger partial charge in [-0.05, 0) is 25.8 Å². The zero-order valence-corrected chi connectivity index (χ0v) is 11.9. The summed E-state index contributed by atoms with van der Waals surface area (Å²) in [6.45, 7) is 5.52. The molecule has 1 aromatic heterocycles. The fraction of sp³-hybridized carbons (Fsp3) is 0.769. The van der Waals surface area contributed by atoms with Crippen molar-refractivity contribution in [3.63, 3.8) is 0 Å². The van der Waals surface area contributed by atoms with Crippen molar-refractivity contribution in [2.45, 2.75) is 32.7 Å². The maximum Gasteiger partial charge on any atom is 0.205 e. The number of hydrogen-bond donors (Lipinski definition) is 1. The van der Waals surface area contributed by atoms with Gasteiger partial charge in [-0.15, -0.1) is 0 Å². The minimum absolute atomic E-state index is 0.718. The summed E-state index contributed by atoms with van der Waals surface area (Å²) in [6, 6.07) is 0. The lowest BCUT2D eigenvalue weighted by atomic mass is 10.4. The Balaban J connectivity index is 2.70. The Bertz CT molecular complexity index is 338. The summed E-state index contributed by atoms with van der Waals surface area (Å²) >= 11 is 0. The Morgan fingerprint density at radius 2 is 2.22 bits per heavy atom. The number of nitrogens with zero attached hydrogens (tertiary/aromatic N) is 3. The second kappa shape index (κ2) is 8.11. The SMILES string of the molecule is CCc1cn(CCCOC)c(N(C)CCCN)n1. The van der Waals surface area contributed by atoms with Gasteiger partial charge < -0.3 is 19.9 Å². The monoisotopic (exact) mass is 254 g/mol. The first kappa shape index (κ1) is 15.0. The van der Waals surface area contributed by atoms with Crippen LogP contribution in [0.1, 0.15) is 25.5 Å². The molecular weight excluding hydrogens is 228 g/mol. The summed E-state index contributed by atoms with van der Waals surface area (Å²) in [5, 5.41) is 0. The minimum Gasteiger partial charge on any atom is -0.385 e. The Morgan fingerprint density at radius 3 is 2.83 bits per heavy atom. The number of aromatic nitrogens is 2. The molecule has 0 spiro atoms. The molecule has 1 rings (SSSR count). The van der Waals surface area contributed by atoms with Crippen molar-refractivity contribution in [2.24, 2.45) is 5.73 Å². The molecule has 18 heavy (non-hydrogen) atoms. The molecule has 0 aliphatic rings. The number of methoxy groups -OCH3 is 1. The maximum absolute atomic E-state index is 5.55. The minimum atomic E-state index is 0.718. The smallest absolute Gasteiger partial charge is 0.205 e.